The van der Waals surface area contributed by atoms with Crippen molar-refractivity contribution in [1.29, 1.82) is 0 Å². The molecule has 0 radical (unpaired) electrons. The molecule has 0 spiro atoms. The molecule has 28 heavy (non-hydrogen) atoms. The molecule has 1 aliphatic heterocycles. The third kappa shape index (κ3) is 5.33. The zero-order chi connectivity index (χ0) is 19.9. The van der Waals surface area contributed by atoms with Crippen molar-refractivity contribution in [3.63, 3.8) is 0 Å². The average molecular weight is 381 g/mol. The Bertz CT molecular complexity index is 810. The first kappa shape index (κ1) is 19.9. The van der Waals surface area contributed by atoms with Crippen LogP contribution in [0.2, 0.25) is 0 Å². The quantitative estimate of drug-likeness (QED) is 0.865. The van der Waals surface area contributed by atoms with Crippen LogP contribution in [0.1, 0.15) is 23.1 Å². The minimum Gasteiger partial charge on any atom is -0.445 e. The maximum absolute atomic E-state index is 12.8. The largest absolute Gasteiger partial charge is 0.445 e. The third-order valence-electron chi connectivity index (χ3n) is 4.85. The Balaban J connectivity index is 1.68. The van der Waals surface area contributed by atoms with Crippen LogP contribution < -0.4 is 5.32 Å². The monoisotopic (exact) mass is 381 g/mol. The van der Waals surface area contributed by atoms with E-state index in [4.69, 9.17) is 4.74 Å². The molecule has 1 fully saturated rings. The molecule has 2 aromatic carbocycles. The minimum absolute atomic E-state index is 0.123. The number of amides is 2. The summed E-state index contributed by atoms with van der Waals surface area (Å²) in [5.74, 6) is -0.123. The van der Waals surface area contributed by atoms with E-state index < -0.39 is 12.3 Å². The summed E-state index contributed by atoms with van der Waals surface area (Å²) >= 11 is 0. The van der Waals surface area contributed by atoms with E-state index in [1.807, 2.05) is 60.4 Å². The number of carbonyl (C=O) groups excluding carboxylic acids is 2. The van der Waals surface area contributed by atoms with Gasteiger partial charge in [0, 0.05) is 26.7 Å². The van der Waals surface area contributed by atoms with Crippen LogP contribution in [0.25, 0.3) is 0 Å². The zero-order valence-electron chi connectivity index (χ0n) is 16.4. The van der Waals surface area contributed by atoms with E-state index in [1.165, 1.54) is 5.56 Å². The number of aryl methyl sites for hydroxylation is 1. The number of nitrogens with zero attached hydrogens (tertiary/aromatic N) is 2. The summed E-state index contributed by atoms with van der Waals surface area (Å²) in [4.78, 5) is 28.9. The fourth-order valence-electron chi connectivity index (χ4n) is 3.36. The molecule has 1 saturated heterocycles. The van der Waals surface area contributed by atoms with Crippen molar-refractivity contribution in [3.8, 4) is 0 Å². The van der Waals surface area contributed by atoms with Gasteiger partial charge in [0.25, 0.3) is 5.91 Å². The molecule has 2 amide bonds. The summed E-state index contributed by atoms with van der Waals surface area (Å²) in [7, 11) is 1.77. The van der Waals surface area contributed by atoms with Gasteiger partial charge in [0.2, 0.25) is 0 Å². The number of nitrogens with one attached hydrogen (secondary N) is 1. The van der Waals surface area contributed by atoms with Crippen LogP contribution >= 0.6 is 0 Å². The van der Waals surface area contributed by atoms with E-state index in [0.717, 1.165) is 17.5 Å². The second-order valence-electron chi connectivity index (χ2n) is 7.18. The van der Waals surface area contributed by atoms with Crippen molar-refractivity contribution in [2.24, 2.45) is 0 Å². The Morgan fingerprint density at radius 1 is 1.11 bits per heavy atom. The molecule has 1 heterocycles. The van der Waals surface area contributed by atoms with Crippen LogP contribution in [0.5, 0.6) is 0 Å². The number of alkyl carbamates (subject to hydrolysis) is 1. The van der Waals surface area contributed by atoms with Gasteiger partial charge in [0.05, 0.1) is 0 Å². The number of benzene rings is 2. The van der Waals surface area contributed by atoms with Crippen LogP contribution in [-0.4, -0.2) is 48.1 Å². The number of ether oxygens (including phenoxy) is 1. The van der Waals surface area contributed by atoms with Crippen molar-refractivity contribution in [3.05, 3.63) is 71.3 Å². The Morgan fingerprint density at radius 3 is 2.61 bits per heavy atom. The standard InChI is InChI=1S/C22H27N3O3/c1-17-8-6-11-19(14-17)15-25-13-7-12-24(2)21(26)20(25)23-22(27)28-16-18-9-4-3-5-10-18/h3-6,8-11,14,20H,7,12-13,15-16H2,1-2H3,(H,23,27). The summed E-state index contributed by atoms with van der Waals surface area (Å²) in [6.45, 7) is 4.18. The van der Waals surface area contributed by atoms with Crippen molar-refractivity contribution in [1.82, 2.24) is 15.1 Å². The highest BCUT2D eigenvalue weighted by atomic mass is 16.5. The lowest BCUT2D eigenvalue weighted by Crippen LogP contribution is -2.55. The average Bonchev–Trinajstić information content (AvgIpc) is 2.81. The maximum Gasteiger partial charge on any atom is 0.409 e. The van der Waals surface area contributed by atoms with Gasteiger partial charge in [-0.05, 0) is 24.5 Å². The molecule has 148 valence electrons. The van der Waals surface area contributed by atoms with Gasteiger partial charge < -0.3 is 9.64 Å². The van der Waals surface area contributed by atoms with Crippen LogP contribution in [-0.2, 0) is 22.7 Å². The van der Waals surface area contributed by atoms with Gasteiger partial charge in [-0.25, -0.2) is 4.79 Å². The fraction of sp³-hybridized carbons (Fsp3) is 0.364. The zero-order valence-corrected chi connectivity index (χ0v) is 16.4. The molecule has 0 aliphatic carbocycles. The molecule has 0 aromatic heterocycles. The van der Waals surface area contributed by atoms with Crippen molar-refractivity contribution in [2.45, 2.75) is 32.7 Å². The SMILES string of the molecule is Cc1cccc(CN2CCCN(C)C(=O)C2NC(=O)OCc2ccccc2)c1. The van der Waals surface area contributed by atoms with Crippen LogP contribution in [0, 0.1) is 6.92 Å². The summed E-state index contributed by atoms with van der Waals surface area (Å²) < 4.78 is 5.33. The number of carbonyl (C=O) groups is 2. The molecule has 2 aromatic rings. The highest BCUT2D eigenvalue weighted by Gasteiger charge is 2.32. The first-order valence-corrected chi connectivity index (χ1v) is 9.55. The highest BCUT2D eigenvalue weighted by Crippen LogP contribution is 2.15. The molecular weight excluding hydrogens is 354 g/mol. The first-order valence-electron chi connectivity index (χ1n) is 9.55. The van der Waals surface area contributed by atoms with Gasteiger partial charge in [0.15, 0.2) is 6.17 Å². The molecule has 6 heteroatoms. The molecule has 1 aliphatic rings. The predicted octanol–water partition coefficient (Wildman–Crippen LogP) is 2.91. The second kappa shape index (κ2) is 9.37. The number of rotatable bonds is 5. The van der Waals surface area contributed by atoms with E-state index in [0.29, 0.717) is 19.6 Å². The topological polar surface area (TPSA) is 61.9 Å². The predicted molar refractivity (Wildman–Crippen MR) is 107 cm³/mol. The Hall–Kier alpha value is -2.86. The summed E-state index contributed by atoms with van der Waals surface area (Å²) in [6.07, 6.45) is -0.478. The van der Waals surface area contributed by atoms with Crippen LogP contribution in [0.3, 0.4) is 0 Å². The number of hydrogen-bond donors (Lipinski definition) is 1. The Morgan fingerprint density at radius 2 is 1.86 bits per heavy atom. The molecule has 0 saturated carbocycles. The number of likely N-dealkylation sites (N-methyl/N-ethyl adjacent to an activating group) is 1. The maximum atomic E-state index is 12.8. The van der Waals surface area contributed by atoms with Gasteiger partial charge in [-0.15, -0.1) is 0 Å². The normalized spacial score (nSPS) is 17.9. The van der Waals surface area contributed by atoms with E-state index in [1.54, 1.807) is 11.9 Å². The van der Waals surface area contributed by atoms with E-state index >= 15 is 0 Å². The van der Waals surface area contributed by atoms with Crippen molar-refractivity contribution >= 4 is 12.0 Å². The van der Waals surface area contributed by atoms with Gasteiger partial charge in [-0.3, -0.25) is 15.0 Å². The second-order valence-corrected chi connectivity index (χ2v) is 7.18. The van der Waals surface area contributed by atoms with Crippen molar-refractivity contribution in [2.75, 3.05) is 20.1 Å². The van der Waals surface area contributed by atoms with Crippen LogP contribution in [0.15, 0.2) is 54.6 Å². The van der Waals surface area contributed by atoms with E-state index in [-0.39, 0.29) is 12.5 Å². The molecule has 1 N–H and O–H groups in total. The Kier molecular flexibility index (Phi) is 6.66. The molecule has 0 bridgehead atoms. The van der Waals surface area contributed by atoms with Crippen LogP contribution in [0.4, 0.5) is 4.79 Å². The van der Waals surface area contributed by atoms with Gasteiger partial charge in [0.1, 0.15) is 6.61 Å². The smallest absolute Gasteiger partial charge is 0.409 e. The van der Waals surface area contributed by atoms with E-state index in [9.17, 15) is 9.59 Å². The number of hydrogen-bond acceptors (Lipinski definition) is 4. The lowest BCUT2D eigenvalue weighted by atomic mass is 10.1. The molecule has 1 atom stereocenters. The van der Waals surface area contributed by atoms with Gasteiger partial charge in [-0.2, -0.15) is 0 Å². The first-order chi connectivity index (χ1) is 13.5. The molecule has 3 rings (SSSR count). The molecule has 1 unspecified atom stereocenters. The van der Waals surface area contributed by atoms with E-state index in [2.05, 4.69) is 11.4 Å². The highest BCUT2D eigenvalue weighted by molar-refractivity contribution is 5.85. The van der Waals surface area contributed by atoms with Gasteiger partial charge >= 0.3 is 6.09 Å². The minimum atomic E-state index is -0.740. The summed E-state index contributed by atoms with van der Waals surface area (Å²) in [5.41, 5.74) is 3.18. The van der Waals surface area contributed by atoms with Gasteiger partial charge in [-0.1, -0.05) is 60.2 Å². The summed E-state index contributed by atoms with van der Waals surface area (Å²) in [5, 5.41) is 2.77. The fourth-order valence-corrected chi connectivity index (χ4v) is 3.36. The molecular formula is C22H27N3O3. The summed E-state index contributed by atoms with van der Waals surface area (Å²) in [6, 6.07) is 17.7. The molecule has 6 nitrogen and oxygen atoms in total. The lowest BCUT2D eigenvalue weighted by Gasteiger charge is -2.30. The third-order valence-corrected chi connectivity index (χ3v) is 4.85. The Labute approximate surface area is 166 Å². The van der Waals surface area contributed by atoms with Crippen molar-refractivity contribution < 1.29 is 14.3 Å². The lowest BCUT2D eigenvalue weighted by molar-refractivity contribution is -0.135.